The van der Waals surface area contributed by atoms with Crippen LogP contribution in [0.2, 0.25) is 0 Å². The second-order valence-corrected chi connectivity index (χ2v) is 3.86. The van der Waals surface area contributed by atoms with E-state index in [1.165, 1.54) is 7.11 Å². The van der Waals surface area contributed by atoms with Gasteiger partial charge in [0.1, 0.15) is 11.5 Å². The molecular weight excluding hydrogens is 234 g/mol. The predicted molar refractivity (Wildman–Crippen MR) is 63.9 cm³/mol. The van der Waals surface area contributed by atoms with Gasteiger partial charge in [-0.2, -0.15) is 0 Å². The molecule has 0 saturated carbocycles. The van der Waals surface area contributed by atoms with Crippen molar-refractivity contribution >= 4 is 5.97 Å². The summed E-state index contributed by atoms with van der Waals surface area (Å²) in [6, 6.07) is 3.53. The first kappa shape index (κ1) is 12.4. The summed E-state index contributed by atoms with van der Waals surface area (Å²) in [5.41, 5.74) is 1.35. The topological polar surface area (TPSA) is 80.2 Å². The van der Waals surface area contributed by atoms with Gasteiger partial charge in [-0.3, -0.25) is 0 Å². The maximum Gasteiger partial charge on any atom is 0.354 e. The lowest BCUT2D eigenvalue weighted by molar-refractivity contribution is 0.0594. The minimum absolute atomic E-state index is 0.371. The van der Waals surface area contributed by atoms with Gasteiger partial charge in [-0.25, -0.2) is 9.78 Å². The average molecular weight is 249 g/mol. The quantitative estimate of drug-likeness (QED) is 0.783. The standard InChI is InChI=1S/C12H15N3O3/c1-8-5-14-11(18-8)7-13-6-9-3-4-10(15-9)12(16)17-2/h3-5,13,15H,6-7H2,1-2H3. The van der Waals surface area contributed by atoms with Crippen molar-refractivity contribution < 1.29 is 13.9 Å². The molecular formula is C12H15N3O3. The first-order valence-corrected chi connectivity index (χ1v) is 5.57. The summed E-state index contributed by atoms with van der Waals surface area (Å²) < 4.78 is 9.93. The number of hydrogen-bond donors (Lipinski definition) is 2. The van der Waals surface area contributed by atoms with Crippen LogP contribution < -0.4 is 5.32 Å². The Morgan fingerprint density at radius 2 is 2.33 bits per heavy atom. The van der Waals surface area contributed by atoms with Crippen molar-refractivity contribution in [1.29, 1.82) is 0 Å². The number of aromatic nitrogens is 2. The Morgan fingerprint density at radius 1 is 1.50 bits per heavy atom. The Hall–Kier alpha value is -2.08. The molecule has 6 heteroatoms. The van der Waals surface area contributed by atoms with E-state index in [1.807, 2.05) is 13.0 Å². The van der Waals surface area contributed by atoms with Gasteiger partial charge in [-0.15, -0.1) is 0 Å². The number of H-pyrrole nitrogens is 1. The van der Waals surface area contributed by atoms with Crippen LogP contribution in [0.3, 0.4) is 0 Å². The second-order valence-electron chi connectivity index (χ2n) is 3.86. The molecule has 2 rings (SSSR count). The van der Waals surface area contributed by atoms with Crippen LogP contribution in [0.1, 0.15) is 27.8 Å². The predicted octanol–water partition coefficient (Wildman–Crippen LogP) is 1.39. The lowest BCUT2D eigenvalue weighted by Gasteiger charge is -2.00. The van der Waals surface area contributed by atoms with Gasteiger partial charge in [0.2, 0.25) is 5.89 Å². The van der Waals surface area contributed by atoms with E-state index in [1.54, 1.807) is 12.3 Å². The highest BCUT2D eigenvalue weighted by molar-refractivity contribution is 5.87. The van der Waals surface area contributed by atoms with Crippen LogP contribution in [-0.2, 0) is 17.8 Å². The molecule has 0 aliphatic heterocycles. The molecule has 0 fully saturated rings. The van der Waals surface area contributed by atoms with Crippen molar-refractivity contribution in [3.63, 3.8) is 0 Å². The summed E-state index contributed by atoms with van der Waals surface area (Å²) in [5, 5.41) is 3.16. The summed E-state index contributed by atoms with van der Waals surface area (Å²) in [6.07, 6.45) is 1.68. The molecule has 0 aliphatic rings. The maximum absolute atomic E-state index is 11.2. The van der Waals surface area contributed by atoms with Crippen LogP contribution in [0.15, 0.2) is 22.7 Å². The summed E-state index contributed by atoms with van der Waals surface area (Å²) >= 11 is 0. The molecule has 96 valence electrons. The number of ether oxygens (including phenoxy) is 1. The van der Waals surface area contributed by atoms with Gasteiger partial charge < -0.3 is 19.5 Å². The van der Waals surface area contributed by atoms with Crippen molar-refractivity contribution in [3.05, 3.63) is 41.4 Å². The minimum atomic E-state index is -0.371. The Morgan fingerprint density at radius 3 is 3.00 bits per heavy atom. The van der Waals surface area contributed by atoms with Crippen molar-refractivity contribution in [3.8, 4) is 0 Å². The Balaban J connectivity index is 1.83. The number of nitrogens with zero attached hydrogens (tertiary/aromatic N) is 1. The SMILES string of the molecule is COC(=O)c1ccc(CNCc2ncc(C)o2)[nH]1. The molecule has 2 N–H and O–H groups in total. The van der Waals surface area contributed by atoms with E-state index in [-0.39, 0.29) is 5.97 Å². The molecule has 0 spiro atoms. The van der Waals surface area contributed by atoms with Crippen LogP contribution >= 0.6 is 0 Å². The van der Waals surface area contributed by atoms with Gasteiger partial charge in [0.05, 0.1) is 19.9 Å². The summed E-state index contributed by atoms with van der Waals surface area (Å²) in [4.78, 5) is 18.3. The van der Waals surface area contributed by atoms with E-state index in [9.17, 15) is 4.79 Å². The Kier molecular flexibility index (Phi) is 3.78. The van der Waals surface area contributed by atoms with E-state index < -0.39 is 0 Å². The number of rotatable bonds is 5. The normalized spacial score (nSPS) is 10.6. The van der Waals surface area contributed by atoms with Crippen molar-refractivity contribution in [2.45, 2.75) is 20.0 Å². The van der Waals surface area contributed by atoms with Gasteiger partial charge >= 0.3 is 5.97 Å². The van der Waals surface area contributed by atoms with E-state index in [4.69, 9.17) is 4.42 Å². The number of hydrogen-bond acceptors (Lipinski definition) is 5. The zero-order valence-corrected chi connectivity index (χ0v) is 10.3. The molecule has 2 heterocycles. The fourth-order valence-electron chi connectivity index (χ4n) is 1.56. The van der Waals surface area contributed by atoms with Crippen LogP contribution in [0.25, 0.3) is 0 Å². The van der Waals surface area contributed by atoms with Crippen LogP contribution in [0.4, 0.5) is 0 Å². The minimum Gasteiger partial charge on any atom is -0.464 e. The zero-order valence-electron chi connectivity index (χ0n) is 10.3. The van der Waals surface area contributed by atoms with Gasteiger partial charge in [0, 0.05) is 12.2 Å². The zero-order chi connectivity index (χ0) is 13.0. The lowest BCUT2D eigenvalue weighted by atomic mass is 10.4. The molecule has 0 atom stereocenters. The molecule has 0 saturated heterocycles. The number of aryl methyl sites for hydroxylation is 1. The number of oxazole rings is 1. The molecule has 0 amide bonds. The molecule has 0 unspecified atom stereocenters. The fourth-order valence-corrected chi connectivity index (χ4v) is 1.56. The molecule has 0 aliphatic carbocycles. The van der Waals surface area contributed by atoms with Crippen LogP contribution in [0.5, 0.6) is 0 Å². The molecule has 0 bridgehead atoms. The molecule has 2 aromatic heterocycles. The monoisotopic (exact) mass is 249 g/mol. The second kappa shape index (κ2) is 5.50. The molecule has 2 aromatic rings. The van der Waals surface area contributed by atoms with E-state index in [0.717, 1.165) is 11.5 Å². The van der Waals surface area contributed by atoms with Crippen molar-refractivity contribution in [2.75, 3.05) is 7.11 Å². The molecule has 18 heavy (non-hydrogen) atoms. The van der Waals surface area contributed by atoms with Gasteiger partial charge in [0.25, 0.3) is 0 Å². The number of aromatic amines is 1. The molecule has 6 nitrogen and oxygen atoms in total. The van der Waals surface area contributed by atoms with Crippen LogP contribution in [-0.4, -0.2) is 23.0 Å². The van der Waals surface area contributed by atoms with Crippen LogP contribution in [0, 0.1) is 6.92 Å². The highest BCUT2D eigenvalue weighted by atomic mass is 16.5. The van der Waals surface area contributed by atoms with Gasteiger partial charge in [0.15, 0.2) is 0 Å². The first-order valence-electron chi connectivity index (χ1n) is 5.57. The van der Waals surface area contributed by atoms with E-state index in [2.05, 4.69) is 20.0 Å². The largest absolute Gasteiger partial charge is 0.464 e. The highest BCUT2D eigenvalue weighted by Crippen LogP contribution is 2.04. The fraction of sp³-hybridized carbons (Fsp3) is 0.333. The summed E-state index contributed by atoms with van der Waals surface area (Å²) in [6.45, 7) is 2.99. The van der Waals surface area contributed by atoms with Gasteiger partial charge in [-0.05, 0) is 19.1 Å². The lowest BCUT2D eigenvalue weighted by Crippen LogP contribution is -2.13. The van der Waals surface area contributed by atoms with E-state index >= 15 is 0 Å². The summed E-state index contributed by atoms with van der Waals surface area (Å²) in [7, 11) is 1.35. The number of nitrogens with one attached hydrogen (secondary N) is 2. The van der Waals surface area contributed by atoms with Crippen molar-refractivity contribution in [2.24, 2.45) is 0 Å². The smallest absolute Gasteiger partial charge is 0.354 e. The molecule has 0 radical (unpaired) electrons. The third-order valence-electron chi connectivity index (χ3n) is 2.41. The Labute approximate surface area is 104 Å². The number of esters is 1. The number of methoxy groups -OCH3 is 1. The highest BCUT2D eigenvalue weighted by Gasteiger charge is 2.07. The average Bonchev–Trinajstić information content (AvgIpc) is 2.98. The number of carbonyl (C=O) groups excluding carboxylic acids is 1. The number of carbonyl (C=O) groups is 1. The molecule has 0 aromatic carbocycles. The third kappa shape index (κ3) is 2.98. The first-order chi connectivity index (χ1) is 8.69. The van der Waals surface area contributed by atoms with E-state index in [0.29, 0.717) is 24.7 Å². The van der Waals surface area contributed by atoms with Crippen molar-refractivity contribution in [1.82, 2.24) is 15.3 Å². The van der Waals surface area contributed by atoms with Gasteiger partial charge in [-0.1, -0.05) is 0 Å². The Bertz CT molecular complexity index is 530. The summed E-state index contributed by atoms with van der Waals surface area (Å²) in [5.74, 6) is 1.07. The third-order valence-corrected chi connectivity index (χ3v) is 2.41. The maximum atomic E-state index is 11.2.